The predicted octanol–water partition coefficient (Wildman–Crippen LogP) is 3.76. The predicted molar refractivity (Wildman–Crippen MR) is 109 cm³/mol. The van der Waals surface area contributed by atoms with Gasteiger partial charge in [0.05, 0.1) is 27.8 Å². The van der Waals surface area contributed by atoms with Crippen LogP contribution < -0.4 is 5.32 Å². The molecule has 6 nitrogen and oxygen atoms in total. The van der Waals surface area contributed by atoms with Crippen molar-refractivity contribution in [1.82, 2.24) is 24.5 Å². The van der Waals surface area contributed by atoms with Gasteiger partial charge in [-0.05, 0) is 50.2 Å². The first kappa shape index (κ1) is 18.3. The Morgan fingerprint density at radius 2 is 1.93 bits per heavy atom. The molecule has 4 aromatic rings. The van der Waals surface area contributed by atoms with Crippen LogP contribution >= 0.6 is 11.6 Å². The van der Waals surface area contributed by atoms with E-state index in [4.69, 9.17) is 11.6 Å². The highest BCUT2D eigenvalue weighted by atomic mass is 35.5. The van der Waals surface area contributed by atoms with Gasteiger partial charge < -0.3 is 9.72 Å². The molecule has 0 unspecified atom stereocenters. The van der Waals surface area contributed by atoms with E-state index in [1.807, 2.05) is 61.0 Å². The van der Waals surface area contributed by atoms with E-state index in [1.54, 1.807) is 16.8 Å². The second-order valence-corrected chi connectivity index (χ2v) is 7.03. The smallest absolute Gasteiger partial charge is 0.251 e. The van der Waals surface area contributed by atoms with E-state index in [1.165, 1.54) is 0 Å². The molecule has 1 N–H and O–H groups in total. The Hall–Kier alpha value is -3.12. The molecule has 1 aromatic carbocycles. The van der Waals surface area contributed by atoms with E-state index in [0.717, 1.165) is 28.4 Å². The molecule has 0 saturated heterocycles. The first-order valence-electron chi connectivity index (χ1n) is 9.06. The zero-order valence-corrected chi connectivity index (χ0v) is 16.4. The maximum atomic E-state index is 12.4. The quantitative estimate of drug-likeness (QED) is 0.561. The largest absolute Gasteiger partial charge is 0.352 e. The summed E-state index contributed by atoms with van der Waals surface area (Å²) >= 11 is 6.21. The Bertz CT molecular complexity index is 1110. The second kappa shape index (κ2) is 7.48. The lowest BCUT2D eigenvalue weighted by atomic mass is 10.2. The summed E-state index contributed by atoms with van der Waals surface area (Å²) in [6.45, 7) is 4.32. The van der Waals surface area contributed by atoms with Gasteiger partial charge in [-0.1, -0.05) is 17.7 Å². The standard InChI is InChI=1S/C21H20ClN5O/c1-14-20(22)15(2)27(25-14)18-8-6-16(7-9-18)21(28)23-11-10-17-13-26-12-4-3-5-19(26)24-17/h3-9,12-13H,10-11H2,1-2H3,(H,23,28). The molecule has 28 heavy (non-hydrogen) atoms. The Kier molecular flexibility index (Phi) is 4.88. The number of pyridine rings is 1. The van der Waals surface area contributed by atoms with Crippen molar-refractivity contribution in [1.29, 1.82) is 0 Å². The number of hydrogen-bond acceptors (Lipinski definition) is 3. The van der Waals surface area contributed by atoms with Crippen LogP contribution in [0.5, 0.6) is 0 Å². The number of nitrogens with one attached hydrogen (secondary N) is 1. The molecule has 0 aliphatic rings. The molecule has 0 fully saturated rings. The van der Waals surface area contributed by atoms with Crippen LogP contribution in [0.25, 0.3) is 11.3 Å². The monoisotopic (exact) mass is 393 g/mol. The van der Waals surface area contributed by atoms with Crippen LogP contribution in [-0.4, -0.2) is 31.6 Å². The van der Waals surface area contributed by atoms with E-state index >= 15 is 0 Å². The summed E-state index contributed by atoms with van der Waals surface area (Å²) in [6, 6.07) is 13.2. The highest BCUT2D eigenvalue weighted by Crippen LogP contribution is 2.22. The molecule has 7 heteroatoms. The Morgan fingerprint density at radius 1 is 1.14 bits per heavy atom. The molecule has 0 radical (unpaired) electrons. The van der Waals surface area contributed by atoms with E-state index in [0.29, 0.717) is 23.6 Å². The molecular formula is C21H20ClN5O. The summed E-state index contributed by atoms with van der Waals surface area (Å²) in [5.74, 6) is -0.110. The lowest BCUT2D eigenvalue weighted by molar-refractivity contribution is 0.0954. The van der Waals surface area contributed by atoms with E-state index in [-0.39, 0.29) is 5.91 Å². The fourth-order valence-electron chi connectivity index (χ4n) is 3.14. The lowest BCUT2D eigenvalue weighted by Crippen LogP contribution is -2.25. The van der Waals surface area contributed by atoms with Gasteiger partial charge in [-0.15, -0.1) is 0 Å². The number of aryl methyl sites for hydroxylation is 1. The molecule has 3 aromatic heterocycles. The van der Waals surface area contributed by atoms with E-state index in [2.05, 4.69) is 15.4 Å². The van der Waals surface area contributed by atoms with Crippen LogP contribution in [0.1, 0.15) is 27.4 Å². The van der Waals surface area contributed by atoms with Crippen molar-refractivity contribution in [3.63, 3.8) is 0 Å². The fraction of sp³-hybridized carbons (Fsp3) is 0.190. The van der Waals surface area contributed by atoms with Crippen LogP contribution in [0.4, 0.5) is 0 Å². The number of halogens is 1. The van der Waals surface area contributed by atoms with Gasteiger partial charge in [0, 0.05) is 30.9 Å². The molecule has 4 rings (SSSR count). The van der Waals surface area contributed by atoms with Crippen LogP contribution in [0, 0.1) is 13.8 Å². The zero-order valence-electron chi connectivity index (χ0n) is 15.7. The van der Waals surface area contributed by atoms with Crippen molar-refractivity contribution in [2.45, 2.75) is 20.3 Å². The topological polar surface area (TPSA) is 64.2 Å². The SMILES string of the molecule is Cc1nn(-c2ccc(C(=O)NCCc3cn4ccccc4n3)cc2)c(C)c1Cl. The van der Waals surface area contributed by atoms with Gasteiger partial charge >= 0.3 is 0 Å². The molecule has 0 spiro atoms. The minimum absolute atomic E-state index is 0.110. The summed E-state index contributed by atoms with van der Waals surface area (Å²) in [6.07, 6.45) is 4.62. The molecule has 0 atom stereocenters. The van der Waals surface area contributed by atoms with Crippen LogP contribution in [0.3, 0.4) is 0 Å². The number of imidazole rings is 1. The number of rotatable bonds is 5. The number of benzene rings is 1. The molecule has 0 aliphatic heterocycles. The minimum Gasteiger partial charge on any atom is -0.352 e. The van der Waals surface area contributed by atoms with Gasteiger partial charge in [0.2, 0.25) is 0 Å². The Morgan fingerprint density at radius 3 is 2.61 bits per heavy atom. The summed E-state index contributed by atoms with van der Waals surface area (Å²) < 4.78 is 3.75. The highest BCUT2D eigenvalue weighted by Gasteiger charge is 2.12. The molecule has 0 bridgehead atoms. The maximum absolute atomic E-state index is 12.4. The number of carbonyl (C=O) groups excluding carboxylic acids is 1. The van der Waals surface area contributed by atoms with Gasteiger partial charge in [-0.25, -0.2) is 9.67 Å². The average Bonchev–Trinajstić information content (AvgIpc) is 3.24. The average molecular weight is 394 g/mol. The first-order chi connectivity index (χ1) is 13.5. The van der Waals surface area contributed by atoms with Gasteiger partial charge in [0.1, 0.15) is 5.65 Å². The normalized spacial score (nSPS) is 11.1. The first-order valence-corrected chi connectivity index (χ1v) is 9.43. The third kappa shape index (κ3) is 3.51. The second-order valence-electron chi connectivity index (χ2n) is 6.65. The summed E-state index contributed by atoms with van der Waals surface area (Å²) in [4.78, 5) is 16.9. The Labute approximate surface area is 167 Å². The molecule has 0 aliphatic carbocycles. The third-order valence-corrected chi connectivity index (χ3v) is 5.20. The summed E-state index contributed by atoms with van der Waals surface area (Å²) in [5.41, 5.74) is 4.99. The van der Waals surface area contributed by atoms with Crippen molar-refractivity contribution in [3.05, 3.63) is 82.5 Å². The third-order valence-electron chi connectivity index (χ3n) is 4.66. The van der Waals surface area contributed by atoms with Gasteiger partial charge in [-0.3, -0.25) is 4.79 Å². The Balaban J connectivity index is 1.38. The van der Waals surface area contributed by atoms with Crippen molar-refractivity contribution >= 4 is 23.2 Å². The maximum Gasteiger partial charge on any atom is 0.251 e. The van der Waals surface area contributed by atoms with Crippen molar-refractivity contribution < 1.29 is 4.79 Å². The molecule has 1 amide bonds. The molecular weight excluding hydrogens is 374 g/mol. The number of carbonyl (C=O) groups is 1. The number of aromatic nitrogens is 4. The molecule has 0 saturated carbocycles. The summed E-state index contributed by atoms with van der Waals surface area (Å²) in [7, 11) is 0. The van der Waals surface area contributed by atoms with Gasteiger partial charge in [0.25, 0.3) is 5.91 Å². The van der Waals surface area contributed by atoms with Crippen molar-refractivity contribution in [2.75, 3.05) is 6.54 Å². The number of nitrogens with zero attached hydrogens (tertiary/aromatic N) is 4. The van der Waals surface area contributed by atoms with Crippen molar-refractivity contribution in [2.24, 2.45) is 0 Å². The van der Waals surface area contributed by atoms with Gasteiger partial charge in [-0.2, -0.15) is 5.10 Å². The highest BCUT2D eigenvalue weighted by molar-refractivity contribution is 6.31. The molecule has 3 heterocycles. The van der Waals surface area contributed by atoms with Crippen LogP contribution in [-0.2, 0) is 6.42 Å². The zero-order chi connectivity index (χ0) is 19.7. The summed E-state index contributed by atoms with van der Waals surface area (Å²) in [5, 5.41) is 8.04. The van der Waals surface area contributed by atoms with Gasteiger partial charge in [0.15, 0.2) is 0 Å². The van der Waals surface area contributed by atoms with E-state index < -0.39 is 0 Å². The number of hydrogen-bond donors (Lipinski definition) is 1. The minimum atomic E-state index is -0.110. The molecule has 142 valence electrons. The number of amides is 1. The fourth-order valence-corrected chi connectivity index (χ4v) is 3.26. The van der Waals surface area contributed by atoms with Crippen LogP contribution in [0.2, 0.25) is 5.02 Å². The lowest BCUT2D eigenvalue weighted by Gasteiger charge is -2.07. The number of fused-ring (bicyclic) bond motifs is 1. The van der Waals surface area contributed by atoms with Crippen LogP contribution in [0.15, 0.2) is 54.9 Å². The van der Waals surface area contributed by atoms with E-state index in [9.17, 15) is 4.79 Å². The van der Waals surface area contributed by atoms with Crippen molar-refractivity contribution in [3.8, 4) is 5.69 Å².